The lowest BCUT2D eigenvalue weighted by atomic mass is 9.99. The summed E-state index contributed by atoms with van der Waals surface area (Å²) in [6.07, 6.45) is 3.63. The van der Waals surface area contributed by atoms with Crippen LogP contribution in [0.3, 0.4) is 0 Å². The number of benzene rings is 1. The van der Waals surface area contributed by atoms with Crippen LogP contribution in [0.25, 0.3) is 0 Å². The van der Waals surface area contributed by atoms with Crippen LogP contribution >= 0.6 is 0 Å². The molecule has 18 heavy (non-hydrogen) atoms. The Morgan fingerprint density at radius 3 is 2.39 bits per heavy atom. The first-order valence-corrected chi connectivity index (χ1v) is 7.23. The Bertz CT molecular complexity index is 299. The lowest BCUT2D eigenvalue weighted by Crippen LogP contribution is -2.33. The highest BCUT2D eigenvalue weighted by Crippen LogP contribution is 2.21. The monoisotopic (exact) mass is 249 g/mol. The van der Waals surface area contributed by atoms with Crippen molar-refractivity contribution in [2.75, 3.05) is 13.2 Å². The topological polar surface area (TPSA) is 21.3 Å². The molecule has 0 spiro atoms. The summed E-state index contributed by atoms with van der Waals surface area (Å²) in [6.45, 7) is 8.37. The summed E-state index contributed by atoms with van der Waals surface area (Å²) in [5.41, 5.74) is 1.32. The Balaban J connectivity index is 2.68. The van der Waals surface area contributed by atoms with Crippen LogP contribution in [-0.2, 0) is 4.74 Å². The molecule has 2 unspecified atom stereocenters. The number of rotatable bonds is 9. The molecule has 0 saturated carbocycles. The van der Waals surface area contributed by atoms with Crippen LogP contribution in [0.15, 0.2) is 30.3 Å². The predicted octanol–water partition coefficient (Wildman–Crippen LogP) is 3.93. The Morgan fingerprint density at radius 1 is 1.11 bits per heavy atom. The normalized spacial score (nSPS) is 14.4. The van der Waals surface area contributed by atoms with Gasteiger partial charge >= 0.3 is 0 Å². The van der Waals surface area contributed by atoms with Crippen LogP contribution in [0.2, 0.25) is 0 Å². The van der Waals surface area contributed by atoms with Crippen molar-refractivity contribution < 1.29 is 4.74 Å². The molecule has 0 amide bonds. The quantitative estimate of drug-likeness (QED) is 0.669. The van der Waals surface area contributed by atoms with Gasteiger partial charge in [0.25, 0.3) is 0 Å². The fourth-order valence-corrected chi connectivity index (χ4v) is 2.17. The number of ether oxygens (including phenoxy) is 1. The maximum Gasteiger partial charge on any atom is 0.0767 e. The Morgan fingerprint density at radius 2 is 1.83 bits per heavy atom. The van der Waals surface area contributed by atoms with Crippen molar-refractivity contribution in [3.63, 3.8) is 0 Å². The van der Waals surface area contributed by atoms with Gasteiger partial charge in [0, 0.05) is 6.61 Å². The molecule has 0 fully saturated rings. The Kier molecular flexibility index (Phi) is 7.70. The highest BCUT2D eigenvalue weighted by Gasteiger charge is 2.21. The standard InChI is InChI=1S/C16H27NO/c1-4-7-13-18-15(5-2)16(17-6-3)14-11-9-8-10-12-14/h8-12,15-17H,4-7,13H2,1-3H3. The molecular formula is C16H27NO. The maximum atomic E-state index is 6.04. The molecule has 0 heterocycles. The molecular weight excluding hydrogens is 222 g/mol. The molecule has 0 aromatic heterocycles. The molecule has 0 aliphatic rings. The summed E-state index contributed by atoms with van der Waals surface area (Å²) in [4.78, 5) is 0. The summed E-state index contributed by atoms with van der Waals surface area (Å²) < 4.78 is 6.04. The van der Waals surface area contributed by atoms with E-state index in [2.05, 4.69) is 56.4 Å². The SMILES string of the molecule is CCCCOC(CC)C(NCC)c1ccccc1. The van der Waals surface area contributed by atoms with Gasteiger partial charge in [-0.2, -0.15) is 0 Å². The molecule has 1 aromatic carbocycles. The molecule has 1 rings (SSSR count). The molecule has 0 aliphatic heterocycles. The highest BCUT2D eigenvalue weighted by atomic mass is 16.5. The summed E-state index contributed by atoms with van der Waals surface area (Å²) >= 11 is 0. The second-order valence-electron chi connectivity index (χ2n) is 4.62. The average Bonchev–Trinajstić information content (AvgIpc) is 2.43. The fourth-order valence-electron chi connectivity index (χ4n) is 2.17. The summed E-state index contributed by atoms with van der Waals surface area (Å²) in [5, 5.41) is 3.55. The Hall–Kier alpha value is -0.860. The third-order valence-corrected chi connectivity index (χ3v) is 3.19. The minimum absolute atomic E-state index is 0.263. The largest absolute Gasteiger partial charge is 0.376 e. The van der Waals surface area contributed by atoms with E-state index in [9.17, 15) is 0 Å². The van der Waals surface area contributed by atoms with E-state index in [4.69, 9.17) is 4.74 Å². The van der Waals surface area contributed by atoms with Crippen molar-refractivity contribution in [3.8, 4) is 0 Å². The van der Waals surface area contributed by atoms with Crippen LogP contribution in [0.4, 0.5) is 0 Å². The molecule has 2 nitrogen and oxygen atoms in total. The third-order valence-electron chi connectivity index (χ3n) is 3.19. The first-order valence-electron chi connectivity index (χ1n) is 7.23. The molecule has 2 heteroatoms. The maximum absolute atomic E-state index is 6.04. The second kappa shape index (κ2) is 9.12. The zero-order valence-electron chi connectivity index (χ0n) is 12.0. The van der Waals surface area contributed by atoms with Crippen molar-refractivity contribution in [2.45, 2.75) is 52.2 Å². The molecule has 0 aliphatic carbocycles. The minimum Gasteiger partial charge on any atom is -0.376 e. The fraction of sp³-hybridized carbons (Fsp3) is 0.625. The van der Waals surface area contributed by atoms with Crippen LogP contribution in [0.5, 0.6) is 0 Å². The molecule has 1 N–H and O–H groups in total. The van der Waals surface area contributed by atoms with Gasteiger partial charge in [-0.05, 0) is 24.9 Å². The molecule has 2 atom stereocenters. The van der Waals surface area contributed by atoms with Crippen LogP contribution in [0, 0.1) is 0 Å². The smallest absolute Gasteiger partial charge is 0.0767 e. The number of unbranched alkanes of at least 4 members (excludes halogenated alkanes) is 1. The minimum atomic E-state index is 0.263. The average molecular weight is 249 g/mol. The van der Waals surface area contributed by atoms with Crippen molar-refractivity contribution in [2.24, 2.45) is 0 Å². The van der Waals surface area contributed by atoms with Gasteiger partial charge in [0.1, 0.15) is 0 Å². The molecule has 0 bridgehead atoms. The van der Waals surface area contributed by atoms with Crippen LogP contribution in [0.1, 0.15) is 51.6 Å². The lowest BCUT2D eigenvalue weighted by molar-refractivity contribution is 0.0221. The molecule has 1 aromatic rings. The predicted molar refractivity (Wildman–Crippen MR) is 77.8 cm³/mol. The van der Waals surface area contributed by atoms with E-state index in [1.807, 2.05) is 0 Å². The third kappa shape index (κ3) is 4.79. The van der Waals surface area contributed by atoms with Gasteiger partial charge in [-0.25, -0.2) is 0 Å². The molecule has 0 radical (unpaired) electrons. The first kappa shape index (κ1) is 15.2. The number of hydrogen-bond acceptors (Lipinski definition) is 2. The zero-order chi connectivity index (χ0) is 13.2. The van der Waals surface area contributed by atoms with E-state index < -0.39 is 0 Å². The van der Waals surface area contributed by atoms with Crippen molar-refractivity contribution in [1.29, 1.82) is 0 Å². The second-order valence-corrected chi connectivity index (χ2v) is 4.62. The lowest BCUT2D eigenvalue weighted by Gasteiger charge is -2.27. The van der Waals surface area contributed by atoms with E-state index in [0.717, 1.165) is 26.0 Å². The van der Waals surface area contributed by atoms with E-state index in [0.29, 0.717) is 6.04 Å². The summed E-state index contributed by atoms with van der Waals surface area (Å²) in [7, 11) is 0. The molecule has 102 valence electrons. The number of likely N-dealkylation sites (N-methyl/N-ethyl adjacent to an activating group) is 1. The summed E-state index contributed by atoms with van der Waals surface area (Å²) in [5.74, 6) is 0. The Labute approximate surface area is 112 Å². The van der Waals surface area contributed by atoms with Crippen molar-refractivity contribution >= 4 is 0 Å². The molecule has 0 saturated heterocycles. The van der Waals surface area contributed by atoms with E-state index in [1.54, 1.807) is 0 Å². The highest BCUT2D eigenvalue weighted by molar-refractivity contribution is 5.20. The first-order chi connectivity index (χ1) is 8.83. The van der Waals surface area contributed by atoms with E-state index in [-0.39, 0.29) is 6.10 Å². The summed E-state index contributed by atoms with van der Waals surface area (Å²) in [6, 6.07) is 10.9. The number of nitrogens with one attached hydrogen (secondary N) is 1. The van der Waals surface area contributed by atoms with Gasteiger partial charge < -0.3 is 10.1 Å². The van der Waals surface area contributed by atoms with E-state index in [1.165, 1.54) is 12.0 Å². The van der Waals surface area contributed by atoms with Gasteiger partial charge in [-0.3, -0.25) is 0 Å². The van der Waals surface area contributed by atoms with Gasteiger partial charge in [-0.15, -0.1) is 0 Å². The number of hydrogen-bond donors (Lipinski definition) is 1. The zero-order valence-corrected chi connectivity index (χ0v) is 12.0. The van der Waals surface area contributed by atoms with Crippen LogP contribution < -0.4 is 5.32 Å². The van der Waals surface area contributed by atoms with Gasteiger partial charge in [0.2, 0.25) is 0 Å². The van der Waals surface area contributed by atoms with Crippen molar-refractivity contribution in [1.82, 2.24) is 5.32 Å². The van der Waals surface area contributed by atoms with Gasteiger partial charge in [0.15, 0.2) is 0 Å². The van der Waals surface area contributed by atoms with Gasteiger partial charge in [0.05, 0.1) is 12.1 Å². The van der Waals surface area contributed by atoms with Crippen molar-refractivity contribution in [3.05, 3.63) is 35.9 Å². The van der Waals surface area contributed by atoms with Crippen LogP contribution in [-0.4, -0.2) is 19.3 Å². The van der Waals surface area contributed by atoms with E-state index >= 15 is 0 Å². The van der Waals surface area contributed by atoms with Gasteiger partial charge in [-0.1, -0.05) is 57.5 Å².